The van der Waals surface area contributed by atoms with Crippen LogP contribution in [-0.2, 0) is 0 Å². The number of nitrogens with two attached hydrogens (primary N) is 1. The minimum atomic E-state index is -0.264. The van der Waals surface area contributed by atoms with Gasteiger partial charge in [0.25, 0.3) is 0 Å². The molecule has 0 aliphatic rings. The van der Waals surface area contributed by atoms with Crippen LogP contribution >= 0.6 is 0 Å². The van der Waals surface area contributed by atoms with Crippen LogP contribution < -0.4 is 16.4 Å². The number of amides is 2. The highest BCUT2D eigenvalue weighted by atomic mass is 16.2. The van der Waals surface area contributed by atoms with Crippen LogP contribution in [-0.4, -0.2) is 22.5 Å². The van der Waals surface area contributed by atoms with E-state index in [-0.39, 0.29) is 12.1 Å². The summed E-state index contributed by atoms with van der Waals surface area (Å²) in [6.45, 7) is 4.56. The van der Waals surface area contributed by atoms with Crippen molar-refractivity contribution in [2.75, 3.05) is 12.3 Å². The normalized spacial score (nSPS) is 11.9. The van der Waals surface area contributed by atoms with Crippen LogP contribution in [0, 0.1) is 0 Å². The number of aromatic nitrogens is 2. The van der Waals surface area contributed by atoms with Crippen LogP contribution in [0.15, 0.2) is 12.3 Å². The molecule has 6 heteroatoms. The van der Waals surface area contributed by atoms with E-state index in [1.807, 2.05) is 6.92 Å². The fourth-order valence-corrected chi connectivity index (χ4v) is 1.29. The van der Waals surface area contributed by atoms with Crippen molar-refractivity contribution in [3.05, 3.63) is 18.1 Å². The van der Waals surface area contributed by atoms with Crippen LogP contribution in [0.5, 0.6) is 0 Å². The second-order valence-electron chi connectivity index (χ2n) is 3.82. The van der Waals surface area contributed by atoms with Crippen molar-refractivity contribution in [3.63, 3.8) is 0 Å². The second-order valence-corrected chi connectivity index (χ2v) is 3.82. The molecule has 0 spiro atoms. The standard InChI is InChI=1S/C11H19N5O/c1-3-4-6-14-11(17)15-8(2)10-13-7-5-9(12)16-10/h5,7-8H,3-4,6H2,1-2H3,(H2,12,13,16)(H2,14,15,17). The number of hydrogen-bond donors (Lipinski definition) is 3. The van der Waals surface area contributed by atoms with Crippen molar-refractivity contribution in [2.24, 2.45) is 0 Å². The first-order chi connectivity index (χ1) is 8.13. The van der Waals surface area contributed by atoms with Gasteiger partial charge in [-0.25, -0.2) is 14.8 Å². The van der Waals surface area contributed by atoms with Crippen LogP contribution in [0.2, 0.25) is 0 Å². The van der Waals surface area contributed by atoms with Gasteiger partial charge in [-0.15, -0.1) is 0 Å². The first kappa shape index (κ1) is 13.2. The van der Waals surface area contributed by atoms with E-state index in [1.54, 1.807) is 12.3 Å². The summed E-state index contributed by atoms with van der Waals surface area (Å²) in [6.07, 6.45) is 3.59. The molecule has 0 aliphatic carbocycles. The van der Waals surface area contributed by atoms with Gasteiger partial charge in [0.15, 0.2) is 5.82 Å². The third-order valence-corrected chi connectivity index (χ3v) is 2.25. The maximum absolute atomic E-state index is 11.5. The van der Waals surface area contributed by atoms with Crippen molar-refractivity contribution in [1.29, 1.82) is 0 Å². The summed E-state index contributed by atoms with van der Waals surface area (Å²) in [5, 5.41) is 5.51. The predicted molar refractivity (Wildman–Crippen MR) is 66.3 cm³/mol. The van der Waals surface area contributed by atoms with Crippen molar-refractivity contribution in [3.8, 4) is 0 Å². The molecule has 94 valence electrons. The minimum Gasteiger partial charge on any atom is -0.384 e. The van der Waals surface area contributed by atoms with Gasteiger partial charge in [0.05, 0.1) is 6.04 Å². The van der Waals surface area contributed by atoms with E-state index < -0.39 is 0 Å². The number of rotatable bonds is 5. The van der Waals surface area contributed by atoms with Crippen LogP contribution in [0.25, 0.3) is 0 Å². The van der Waals surface area contributed by atoms with Gasteiger partial charge in [0, 0.05) is 12.7 Å². The van der Waals surface area contributed by atoms with Crippen molar-refractivity contribution in [1.82, 2.24) is 20.6 Å². The summed E-state index contributed by atoms with van der Waals surface area (Å²) >= 11 is 0. The molecule has 0 aromatic carbocycles. The van der Waals surface area contributed by atoms with Gasteiger partial charge in [-0.1, -0.05) is 13.3 Å². The zero-order valence-corrected chi connectivity index (χ0v) is 10.2. The SMILES string of the molecule is CCCCNC(=O)NC(C)c1nccc(N)n1. The Hall–Kier alpha value is -1.85. The molecule has 6 nitrogen and oxygen atoms in total. The van der Waals surface area contributed by atoms with Crippen LogP contribution in [0.4, 0.5) is 10.6 Å². The van der Waals surface area contributed by atoms with Gasteiger partial charge in [-0.05, 0) is 19.4 Å². The average Bonchev–Trinajstić information content (AvgIpc) is 2.29. The summed E-state index contributed by atoms with van der Waals surface area (Å²) < 4.78 is 0. The Morgan fingerprint density at radius 2 is 2.35 bits per heavy atom. The Morgan fingerprint density at radius 3 is 3.00 bits per heavy atom. The second kappa shape index (κ2) is 6.67. The summed E-state index contributed by atoms with van der Waals surface area (Å²) in [7, 11) is 0. The summed E-state index contributed by atoms with van der Waals surface area (Å²) in [5.74, 6) is 0.908. The largest absolute Gasteiger partial charge is 0.384 e. The first-order valence-electron chi connectivity index (χ1n) is 5.76. The van der Waals surface area contributed by atoms with Gasteiger partial charge in [-0.3, -0.25) is 0 Å². The third-order valence-electron chi connectivity index (χ3n) is 2.25. The number of hydrogen-bond acceptors (Lipinski definition) is 4. The molecular weight excluding hydrogens is 218 g/mol. The molecule has 0 bridgehead atoms. The lowest BCUT2D eigenvalue weighted by Gasteiger charge is -2.13. The lowest BCUT2D eigenvalue weighted by atomic mass is 10.3. The van der Waals surface area contributed by atoms with Crippen molar-refractivity contribution in [2.45, 2.75) is 32.7 Å². The van der Waals surface area contributed by atoms with Crippen molar-refractivity contribution < 1.29 is 4.79 Å². The molecule has 1 aromatic heterocycles. The monoisotopic (exact) mass is 237 g/mol. The number of carbonyl (C=O) groups excluding carboxylic acids is 1. The number of nitrogens with zero attached hydrogens (tertiary/aromatic N) is 2. The zero-order valence-electron chi connectivity index (χ0n) is 10.2. The fourth-order valence-electron chi connectivity index (χ4n) is 1.29. The van der Waals surface area contributed by atoms with E-state index in [9.17, 15) is 4.79 Å². The quantitative estimate of drug-likeness (QED) is 0.671. The Morgan fingerprint density at radius 1 is 1.59 bits per heavy atom. The Balaban J connectivity index is 2.43. The molecule has 0 saturated carbocycles. The predicted octanol–water partition coefficient (Wildman–Crippen LogP) is 1.22. The molecular formula is C11H19N5O. The van der Waals surface area contributed by atoms with Gasteiger partial charge in [0.2, 0.25) is 0 Å². The number of unbranched alkanes of at least 4 members (excludes halogenated alkanes) is 1. The highest BCUT2D eigenvalue weighted by molar-refractivity contribution is 5.74. The maximum Gasteiger partial charge on any atom is 0.315 e. The lowest BCUT2D eigenvalue weighted by molar-refractivity contribution is 0.237. The Bertz CT molecular complexity index is 369. The van der Waals surface area contributed by atoms with E-state index in [0.29, 0.717) is 18.2 Å². The van der Waals surface area contributed by atoms with Gasteiger partial charge < -0.3 is 16.4 Å². The van der Waals surface area contributed by atoms with E-state index in [1.165, 1.54) is 0 Å². The third kappa shape index (κ3) is 4.67. The van der Waals surface area contributed by atoms with Gasteiger partial charge >= 0.3 is 6.03 Å². The van der Waals surface area contributed by atoms with Crippen molar-refractivity contribution >= 4 is 11.8 Å². The zero-order chi connectivity index (χ0) is 12.7. The summed E-state index contributed by atoms with van der Waals surface area (Å²) in [4.78, 5) is 19.6. The maximum atomic E-state index is 11.5. The molecule has 0 saturated heterocycles. The molecule has 2 amide bonds. The Labute approximate surface area is 101 Å². The number of anilines is 1. The average molecular weight is 237 g/mol. The minimum absolute atomic E-state index is 0.211. The molecule has 0 fully saturated rings. The molecule has 0 aliphatic heterocycles. The molecule has 4 N–H and O–H groups in total. The number of carbonyl (C=O) groups is 1. The highest BCUT2D eigenvalue weighted by Crippen LogP contribution is 2.06. The number of nitrogen functional groups attached to an aromatic ring is 1. The highest BCUT2D eigenvalue weighted by Gasteiger charge is 2.11. The number of nitrogens with one attached hydrogen (secondary N) is 2. The lowest BCUT2D eigenvalue weighted by Crippen LogP contribution is -2.38. The number of urea groups is 1. The topological polar surface area (TPSA) is 92.9 Å². The van der Waals surface area contributed by atoms with E-state index in [2.05, 4.69) is 27.5 Å². The molecule has 1 aromatic rings. The molecule has 1 rings (SSSR count). The first-order valence-corrected chi connectivity index (χ1v) is 5.76. The van der Waals surface area contributed by atoms with Gasteiger partial charge in [-0.2, -0.15) is 0 Å². The summed E-state index contributed by atoms with van der Waals surface area (Å²) in [6, 6.07) is 1.13. The summed E-state index contributed by atoms with van der Waals surface area (Å²) in [5.41, 5.74) is 5.55. The molecule has 17 heavy (non-hydrogen) atoms. The van der Waals surface area contributed by atoms with E-state index in [4.69, 9.17) is 5.73 Å². The van der Waals surface area contributed by atoms with Crippen LogP contribution in [0.1, 0.15) is 38.6 Å². The molecule has 1 heterocycles. The molecule has 0 radical (unpaired) electrons. The Kier molecular flexibility index (Phi) is 5.19. The van der Waals surface area contributed by atoms with Gasteiger partial charge in [0.1, 0.15) is 5.82 Å². The molecule has 1 unspecified atom stereocenters. The van der Waals surface area contributed by atoms with E-state index in [0.717, 1.165) is 12.8 Å². The fraction of sp³-hybridized carbons (Fsp3) is 0.545. The van der Waals surface area contributed by atoms with Crippen LogP contribution in [0.3, 0.4) is 0 Å². The molecule has 1 atom stereocenters. The smallest absolute Gasteiger partial charge is 0.315 e. The van der Waals surface area contributed by atoms with E-state index >= 15 is 0 Å².